The average Bonchev–Trinajstić information content (AvgIpc) is 3.09. The van der Waals surface area contributed by atoms with Gasteiger partial charge in [0.15, 0.2) is 0 Å². The van der Waals surface area contributed by atoms with Gasteiger partial charge in [0.2, 0.25) is 0 Å². The molecule has 6 heteroatoms. The molecule has 0 saturated carbocycles. The second kappa shape index (κ2) is 10.4. The summed E-state index contributed by atoms with van der Waals surface area (Å²) >= 11 is 0. The van der Waals surface area contributed by atoms with Gasteiger partial charge in [-0.1, -0.05) is 99.0 Å². The van der Waals surface area contributed by atoms with Crippen LogP contribution in [0.5, 0.6) is 0 Å². The van der Waals surface area contributed by atoms with Crippen LogP contribution in [0.15, 0.2) is 134 Å². The van der Waals surface area contributed by atoms with Crippen LogP contribution in [0.2, 0.25) is 26.2 Å². The summed E-state index contributed by atoms with van der Waals surface area (Å²) in [6.45, 7) is 9.77. The molecule has 0 unspecified atom stereocenters. The molecule has 0 aliphatic carbocycles. The fourth-order valence-corrected chi connectivity index (χ4v) is 13.6. The highest BCUT2D eigenvalue weighted by molar-refractivity contribution is 7.03. The van der Waals surface area contributed by atoms with Crippen LogP contribution in [0.1, 0.15) is 5.56 Å². The van der Waals surface area contributed by atoms with E-state index in [9.17, 15) is 5.26 Å². The van der Waals surface area contributed by atoms with E-state index in [-0.39, 0.29) is 0 Å². The van der Waals surface area contributed by atoms with Gasteiger partial charge >= 0.3 is 0 Å². The lowest BCUT2D eigenvalue weighted by Gasteiger charge is -2.42. The Bertz CT molecular complexity index is 2120. The number of fused-ring (bicyclic) bond motifs is 4. The maximum absolute atomic E-state index is 10.2. The molecule has 0 saturated heterocycles. The van der Waals surface area contributed by atoms with Gasteiger partial charge in [-0.2, -0.15) is 5.26 Å². The number of hydrogen-bond donors (Lipinski definition) is 0. The second-order valence-electron chi connectivity index (χ2n) is 13.2. The van der Waals surface area contributed by atoms with Crippen molar-refractivity contribution < 1.29 is 0 Å². The molecule has 0 fully saturated rings. The molecule has 6 aromatic rings. The average molecular weight is 627 g/mol. The molecule has 1 aromatic heterocycles. The third-order valence-corrected chi connectivity index (χ3v) is 17.0. The fourth-order valence-electron chi connectivity index (χ4n) is 7.66. The van der Waals surface area contributed by atoms with Crippen molar-refractivity contribution in [3.63, 3.8) is 0 Å². The summed E-state index contributed by atoms with van der Waals surface area (Å²) in [5, 5.41) is 15.8. The van der Waals surface area contributed by atoms with Crippen molar-refractivity contribution in [3.05, 3.63) is 139 Å². The third kappa shape index (κ3) is 4.06. The van der Waals surface area contributed by atoms with Crippen molar-refractivity contribution in [1.82, 2.24) is 4.98 Å². The van der Waals surface area contributed by atoms with Crippen molar-refractivity contribution in [3.8, 4) is 17.2 Å². The van der Waals surface area contributed by atoms with Crippen molar-refractivity contribution in [2.75, 3.05) is 9.80 Å². The Morgan fingerprint density at radius 1 is 0.500 bits per heavy atom. The summed E-state index contributed by atoms with van der Waals surface area (Å²) in [6, 6.07) is 46.1. The SMILES string of the molecule is C[Si]1(C)c2ccccc2N(c2ccncc2-c2cc(C#N)ccc2N2c3ccccc3[Si](C)(C)c3ccccc32)c2ccccc21. The van der Waals surface area contributed by atoms with Gasteiger partial charge in [-0.15, -0.1) is 0 Å². The molecule has 2 aliphatic heterocycles. The topological polar surface area (TPSA) is 43.2 Å². The molecule has 0 atom stereocenters. The number of benzene rings is 5. The zero-order valence-corrected chi connectivity index (χ0v) is 28.5. The number of nitriles is 1. The first-order valence-corrected chi connectivity index (χ1v) is 21.8. The molecule has 3 heterocycles. The van der Waals surface area contributed by atoms with Gasteiger partial charge in [0, 0.05) is 46.3 Å². The Kier molecular flexibility index (Phi) is 6.40. The van der Waals surface area contributed by atoms with Crippen LogP contribution in [-0.4, -0.2) is 21.1 Å². The van der Waals surface area contributed by atoms with Gasteiger partial charge in [0.05, 0.1) is 23.0 Å². The van der Waals surface area contributed by atoms with E-state index in [1.54, 1.807) is 0 Å². The van der Waals surface area contributed by atoms with E-state index >= 15 is 0 Å². The zero-order chi connectivity index (χ0) is 31.6. The Morgan fingerprint density at radius 3 is 1.35 bits per heavy atom. The van der Waals surface area contributed by atoms with E-state index in [4.69, 9.17) is 4.98 Å². The Hall–Kier alpha value is -5.23. The molecule has 4 nitrogen and oxygen atoms in total. The van der Waals surface area contributed by atoms with Crippen molar-refractivity contribution >= 4 is 71.0 Å². The van der Waals surface area contributed by atoms with Crippen molar-refractivity contribution in [1.29, 1.82) is 5.26 Å². The Labute approximate surface area is 272 Å². The largest absolute Gasteiger partial charge is 0.310 e. The monoisotopic (exact) mass is 626 g/mol. The molecule has 8 rings (SSSR count). The minimum atomic E-state index is -1.96. The van der Waals surface area contributed by atoms with Crippen LogP contribution in [0.3, 0.4) is 0 Å². The van der Waals surface area contributed by atoms with Gasteiger partial charge in [0.25, 0.3) is 0 Å². The maximum atomic E-state index is 10.2. The lowest BCUT2D eigenvalue weighted by atomic mass is 9.98. The molecule has 0 amide bonds. The molecule has 0 bridgehead atoms. The molecule has 0 spiro atoms. The zero-order valence-electron chi connectivity index (χ0n) is 26.5. The Balaban J connectivity index is 1.42. The van der Waals surface area contributed by atoms with Crippen LogP contribution in [-0.2, 0) is 0 Å². The first-order chi connectivity index (χ1) is 22.3. The number of aromatic nitrogens is 1. The van der Waals surface area contributed by atoms with Gasteiger partial charge < -0.3 is 9.80 Å². The lowest BCUT2D eigenvalue weighted by Crippen LogP contribution is -2.58. The summed E-state index contributed by atoms with van der Waals surface area (Å²) in [5.41, 5.74) is 9.49. The van der Waals surface area contributed by atoms with Crippen LogP contribution in [0.4, 0.5) is 34.1 Å². The predicted molar refractivity (Wildman–Crippen MR) is 197 cm³/mol. The number of para-hydroxylation sites is 4. The van der Waals surface area contributed by atoms with E-state index in [1.807, 2.05) is 24.5 Å². The summed E-state index contributed by atoms with van der Waals surface area (Å²) in [6.07, 6.45) is 3.85. The van der Waals surface area contributed by atoms with Crippen LogP contribution < -0.4 is 30.5 Å². The minimum Gasteiger partial charge on any atom is -0.310 e. The van der Waals surface area contributed by atoms with E-state index in [0.717, 1.165) is 22.5 Å². The van der Waals surface area contributed by atoms with Crippen LogP contribution in [0.25, 0.3) is 11.1 Å². The summed E-state index contributed by atoms with van der Waals surface area (Å²) in [5.74, 6) is 0. The maximum Gasteiger partial charge on any atom is 0.117 e. The van der Waals surface area contributed by atoms with Gasteiger partial charge in [0.1, 0.15) is 16.1 Å². The molecule has 0 N–H and O–H groups in total. The van der Waals surface area contributed by atoms with Gasteiger partial charge in [-0.25, -0.2) is 0 Å². The highest BCUT2D eigenvalue weighted by Crippen LogP contribution is 2.48. The number of anilines is 6. The van der Waals surface area contributed by atoms with Gasteiger partial charge in [-0.05, 0) is 69.3 Å². The predicted octanol–water partition coefficient (Wildman–Crippen LogP) is 7.83. The van der Waals surface area contributed by atoms with Crippen LogP contribution >= 0.6 is 0 Å². The third-order valence-electron chi connectivity index (χ3n) is 9.97. The van der Waals surface area contributed by atoms with Crippen molar-refractivity contribution in [2.24, 2.45) is 0 Å². The van der Waals surface area contributed by atoms with Gasteiger partial charge in [-0.3, -0.25) is 4.98 Å². The summed E-state index contributed by atoms with van der Waals surface area (Å²) in [7, 11) is -3.92. The fraction of sp³-hybridized carbons (Fsp3) is 0.100. The molecule has 222 valence electrons. The minimum absolute atomic E-state index is 0.620. The molecule has 0 radical (unpaired) electrons. The molecular formula is C40H34N4Si2. The highest BCUT2D eigenvalue weighted by atomic mass is 28.3. The number of pyridine rings is 1. The standard InChI is InChI=1S/C40H34N4Si2/c1-45(2)37-17-9-5-13-33(37)43(34-14-6-10-18-38(34)45)31-22-21-28(26-41)25-29(31)30-27-42-24-23-32(30)44-35-15-7-11-19-39(35)46(3,4)40-20-12-8-16-36(40)44/h5-25,27H,1-4H3. The quantitative estimate of drug-likeness (QED) is 0.188. The normalized spacial score (nSPS) is 15.2. The van der Waals surface area contributed by atoms with E-state index in [0.29, 0.717) is 5.56 Å². The Morgan fingerprint density at radius 2 is 0.913 bits per heavy atom. The number of nitrogens with zero attached hydrogens (tertiary/aromatic N) is 4. The van der Waals surface area contributed by atoms with Crippen molar-refractivity contribution in [2.45, 2.75) is 26.2 Å². The van der Waals surface area contributed by atoms with Crippen LogP contribution in [0, 0.1) is 11.3 Å². The highest BCUT2D eigenvalue weighted by Gasteiger charge is 2.41. The summed E-state index contributed by atoms with van der Waals surface area (Å²) in [4.78, 5) is 9.52. The van der Waals surface area contributed by atoms with E-state index < -0.39 is 16.1 Å². The number of rotatable bonds is 3. The summed E-state index contributed by atoms with van der Waals surface area (Å²) < 4.78 is 0. The second-order valence-corrected chi connectivity index (χ2v) is 21.9. The smallest absolute Gasteiger partial charge is 0.117 e. The molecular weight excluding hydrogens is 593 g/mol. The molecule has 2 aliphatic rings. The lowest BCUT2D eigenvalue weighted by molar-refractivity contribution is 1.23. The number of hydrogen-bond acceptors (Lipinski definition) is 4. The first-order valence-electron chi connectivity index (χ1n) is 15.8. The van der Waals surface area contributed by atoms with E-state index in [1.165, 1.54) is 43.5 Å². The molecule has 5 aromatic carbocycles. The molecule has 46 heavy (non-hydrogen) atoms. The first kappa shape index (κ1) is 28.3. The van der Waals surface area contributed by atoms with E-state index in [2.05, 4.69) is 151 Å².